The summed E-state index contributed by atoms with van der Waals surface area (Å²) < 4.78 is 3.60. The van der Waals surface area contributed by atoms with Crippen molar-refractivity contribution in [1.82, 2.24) is 35.1 Å². The van der Waals surface area contributed by atoms with Gasteiger partial charge in [0.1, 0.15) is 18.2 Å². The van der Waals surface area contributed by atoms with Crippen molar-refractivity contribution in [2.45, 2.75) is 19.6 Å². The van der Waals surface area contributed by atoms with Crippen LogP contribution in [-0.2, 0) is 26.7 Å². The predicted octanol–water partition coefficient (Wildman–Crippen LogP) is 1.90. The number of nitrogens with zero attached hydrogens (tertiary/aromatic N) is 6. The summed E-state index contributed by atoms with van der Waals surface area (Å²) in [5.74, 6) is 0. The number of nitrogens with one attached hydrogen (secondary N) is 1. The Kier molecular flexibility index (Phi) is 4.22. The summed E-state index contributed by atoms with van der Waals surface area (Å²) in [4.78, 5) is 3.96. The quantitative estimate of drug-likeness (QED) is 0.583. The SMILES string of the molecule is Cn1nnc2cc(CNCc3ccc(Cn4cncn4)cc3)ccc21. The Labute approximate surface area is 145 Å². The first-order valence-corrected chi connectivity index (χ1v) is 8.17. The number of aromatic nitrogens is 6. The van der Waals surface area contributed by atoms with Crippen LogP contribution in [0.15, 0.2) is 55.1 Å². The van der Waals surface area contributed by atoms with Gasteiger partial charge in [0.15, 0.2) is 0 Å². The number of benzene rings is 2. The minimum absolute atomic E-state index is 0.742. The van der Waals surface area contributed by atoms with Gasteiger partial charge < -0.3 is 5.32 Å². The Morgan fingerprint density at radius 1 is 0.960 bits per heavy atom. The first-order chi connectivity index (χ1) is 12.3. The summed E-state index contributed by atoms with van der Waals surface area (Å²) in [7, 11) is 1.90. The van der Waals surface area contributed by atoms with Gasteiger partial charge in [0.25, 0.3) is 0 Å². The molecule has 0 saturated heterocycles. The number of fused-ring (bicyclic) bond motifs is 1. The average Bonchev–Trinajstić information content (AvgIpc) is 3.27. The Morgan fingerprint density at radius 2 is 1.72 bits per heavy atom. The zero-order chi connectivity index (χ0) is 17.1. The molecule has 0 radical (unpaired) electrons. The summed E-state index contributed by atoms with van der Waals surface area (Å²) in [6.07, 6.45) is 3.28. The van der Waals surface area contributed by atoms with E-state index in [1.807, 2.05) is 11.7 Å². The smallest absolute Gasteiger partial charge is 0.137 e. The largest absolute Gasteiger partial charge is 0.309 e. The Bertz CT molecular complexity index is 955. The van der Waals surface area contributed by atoms with Crippen molar-refractivity contribution in [2.24, 2.45) is 7.05 Å². The van der Waals surface area contributed by atoms with Crippen LogP contribution in [0.5, 0.6) is 0 Å². The van der Waals surface area contributed by atoms with Crippen molar-refractivity contribution in [3.63, 3.8) is 0 Å². The van der Waals surface area contributed by atoms with E-state index in [1.54, 1.807) is 17.3 Å². The predicted molar refractivity (Wildman–Crippen MR) is 94.6 cm³/mol. The van der Waals surface area contributed by atoms with Crippen LogP contribution in [0.4, 0.5) is 0 Å². The third-order valence-electron chi connectivity index (χ3n) is 4.17. The molecule has 7 heteroatoms. The van der Waals surface area contributed by atoms with E-state index in [2.05, 4.69) is 68.2 Å². The first-order valence-electron chi connectivity index (χ1n) is 8.17. The normalized spacial score (nSPS) is 11.2. The molecule has 0 spiro atoms. The molecule has 7 nitrogen and oxygen atoms in total. The average molecular weight is 333 g/mol. The van der Waals surface area contributed by atoms with E-state index in [1.165, 1.54) is 16.7 Å². The van der Waals surface area contributed by atoms with Crippen molar-refractivity contribution in [3.8, 4) is 0 Å². The molecule has 4 rings (SSSR count). The van der Waals surface area contributed by atoms with Crippen LogP contribution >= 0.6 is 0 Å². The molecule has 0 saturated carbocycles. The molecule has 4 aromatic rings. The van der Waals surface area contributed by atoms with Crippen LogP contribution in [0.1, 0.15) is 16.7 Å². The van der Waals surface area contributed by atoms with Crippen molar-refractivity contribution in [2.75, 3.05) is 0 Å². The van der Waals surface area contributed by atoms with Crippen molar-refractivity contribution in [1.29, 1.82) is 0 Å². The zero-order valence-electron chi connectivity index (χ0n) is 14.0. The third-order valence-corrected chi connectivity index (χ3v) is 4.17. The van der Waals surface area contributed by atoms with Gasteiger partial charge >= 0.3 is 0 Å². The van der Waals surface area contributed by atoms with Gasteiger partial charge in [-0.2, -0.15) is 5.10 Å². The van der Waals surface area contributed by atoms with Gasteiger partial charge in [0, 0.05) is 20.1 Å². The molecule has 0 aliphatic carbocycles. The summed E-state index contributed by atoms with van der Waals surface area (Å²) in [6.45, 7) is 2.36. The van der Waals surface area contributed by atoms with Crippen LogP contribution < -0.4 is 5.32 Å². The van der Waals surface area contributed by atoms with Crippen LogP contribution in [0, 0.1) is 0 Å². The van der Waals surface area contributed by atoms with Crippen LogP contribution in [-0.4, -0.2) is 29.8 Å². The Morgan fingerprint density at radius 3 is 2.52 bits per heavy atom. The summed E-state index contributed by atoms with van der Waals surface area (Å²) >= 11 is 0. The van der Waals surface area contributed by atoms with Gasteiger partial charge in [0.05, 0.1) is 12.1 Å². The Balaban J connectivity index is 1.33. The molecule has 25 heavy (non-hydrogen) atoms. The van der Waals surface area contributed by atoms with E-state index in [9.17, 15) is 0 Å². The van der Waals surface area contributed by atoms with E-state index in [0.717, 1.165) is 30.7 Å². The van der Waals surface area contributed by atoms with Gasteiger partial charge in [0.2, 0.25) is 0 Å². The second-order valence-electron chi connectivity index (χ2n) is 6.05. The van der Waals surface area contributed by atoms with Crippen LogP contribution in [0.25, 0.3) is 11.0 Å². The number of hydrogen-bond donors (Lipinski definition) is 1. The lowest BCUT2D eigenvalue weighted by molar-refractivity contribution is 0.680. The fraction of sp³-hybridized carbons (Fsp3) is 0.222. The Hall–Kier alpha value is -3.06. The van der Waals surface area contributed by atoms with Gasteiger partial charge in [-0.3, -0.25) is 0 Å². The van der Waals surface area contributed by atoms with Crippen molar-refractivity contribution in [3.05, 3.63) is 71.8 Å². The highest BCUT2D eigenvalue weighted by Gasteiger charge is 2.03. The molecule has 2 heterocycles. The summed E-state index contributed by atoms with van der Waals surface area (Å²) in [5, 5.41) is 15.8. The monoisotopic (exact) mass is 333 g/mol. The van der Waals surface area contributed by atoms with E-state index in [-0.39, 0.29) is 0 Å². The maximum absolute atomic E-state index is 4.16. The molecule has 0 bridgehead atoms. The molecule has 2 aromatic carbocycles. The summed E-state index contributed by atoms with van der Waals surface area (Å²) in [5.41, 5.74) is 5.65. The zero-order valence-corrected chi connectivity index (χ0v) is 14.0. The molecule has 0 fully saturated rings. The van der Waals surface area contributed by atoms with Gasteiger partial charge in [-0.05, 0) is 28.8 Å². The van der Waals surface area contributed by atoms with Gasteiger partial charge in [-0.15, -0.1) is 5.10 Å². The molecule has 1 N–H and O–H groups in total. The fourth-order valence-corrected chi connectivity index (χ4v) is 2.81. The van der Waals surface area contributed by atoms with Crippen LogP contribution in [0.2, 0.25) is 0 Å². The molecule has 0 atom stereocenters. The highest BCUT2D eigenvalue weighted by molar-refractivity contribution is 5.74. The van der Waals surface area contributed by atoms with E-state index in [0.29, 0.717) is 0 Å². The maximum atomic E-state index is 4.16. The fourth-order valence-electron chi connectivity index (χ4n) is 2.81. The lowest BCUT2D eigenvalue weighted by Crippen LogP contribution is -2.12. The molecule has 126 valence electrons. The lowest BCUT2D eigenvalue weighted by atomic mass is 10.1. The molecular formula is C18H19N7. The number of hydrogen-bond acceptors (Lipinski definition) is 5. The second kappa shape index (κ2) is 6.82. The highest BCUT2D eigenvalue weighted by atomic mass is 15.4. The molecule has 0 aliphatic rings. The van der Waals surface area contributed by atoms with E-state index in [4.69, 9.17) is 0 Å². The number of rotatable bonds is 6. The van der Waals surface area contributed by atoms with Crippen molar-refractivity contribution < 1.29 is 0 Å². The first kappa shape index (κ1) is 15.5. The standard InChI is InChI=1S/C18H19N7/c1-24-18-7-6-16(8-17(18)22-23-24)10-19-9-14-2-4-15(5-3-14)11-25-13-20-12-21-25/h2-8,12-13,19H,9-11H2,1H3. The maximum Gasteiger partial charge on any atom is 0.137 e. The minimum Gasteiger partial charge on any atom is -0.309 e. The molecule has 0 unspecified atom stereocenters. The molecule has 0 amide bonds. The van der Waals surface area contributed by atoms with E-state index >= 15 is 0 Å². The second-order valence-corrected chi connectivity index (χ2v) is 6.05. The van der Waals surface area contributed by atoms with E-state index < -0.39 is 0 Å². The van der Waals surface area contributed by atoms with Crippen molar-refractivity contribution >= 4 is 11.0 Å². The molecule has 2 aromatic heterocycles. The number of aryl methyl sites for hydroxylation is 1. The topological polar surface area (TPSA) is 73.5 Å². The molecule has 0 aliphatic heterocycles. The lowest BCUT2D eigenvalue weighted by Gasteiger charge is -2.07. The highest BCUT2D eigenvalue weighted by Crippen LogP contribution is 2.12. The van der Waals surface area contributed by atoms with Gasteiger partial charge in [-0.25, -0.2) is 14.3 Å². The van der Waals surface area contributed by atoms with Crippen LogP contribution in [0.3, 0.4) is 0 Å². The van der Waals surface area contributed by atoms with Gasteiger partial charge in [-0.1, -0.05) is 35.5 Å². The molecular weight excluding hydrogens is 314 g/mol. The minimum atomic E-state index is 0.742. The third kappa shape index (κ3) is 3.56. The summed E-state index contributed by atoms with van der Waals surface area (Å²) in [6, 6.07) is 14.8.